The molecule has 1 rings (SSSR count). The summed E-state index contributed by atoms with van der Waals surface area (Å²) >= 11 is 0. The molecule has 0 radical (unpaired) electrons. The van der Waals surface area contributed by atoms with E-state index in [1.165, 1.54) is 6.26 Å². The zero-order valence-electron chi connectivity index (χ0n) is 6.34. The van der Waals surface area contributed by atoms with E-state index in [0.29, 0.717) is 11.9 Å². The predicted molar refractivity (Wildman–Crippen MR) is 39.9 cm³/mol. The molecule has 2 N–H and O–H groups in total. The summed E-state index contributed by atoms with van der Waals surface area (Å²) in [6.07, 6.45) is 2.14. The number of aliphatic hydroxyl groups excluding tert-OH is 1. The van der Waals surface area contributed by atoms with E-state index in [1.807, 2.05) is 0 Å². The largest absolute Gasteiger partial charge is 0.390 e. The molecule has 0 aliphatic rings. The maximum Gasteiger partial charge on any atom is 0.261 e. The van der Waals surface area contributed by atoms with Gasteiger partial charge in [0.05, 0.1) is 12.9 Å². The van der Waals surface area contributed by atoms with Crippen molar-refractivity contribution in [1.82, 2.24) is 5.16 Å². The minimum Gasteiger partial charge on any atom is -0.390 e. The second-order valence-corrected chi connectivity index (χ2v) is 3.35. The highest BCUT2D eigenvalue weighted by Gasteiger charge is 1.87. The van der Waals surface area contributed by atoms with Crippen LogP contribution in [-0.2, 0) is 16.7 Å². The number of aromatic nitrogens is 1. The first kappa shape index (κ1) is 11.1. The number of hydrogen-bond acceptors (Lipinski definition) is 5. The van der Waals surface area contributed by atoms with Crippen LogP contribution in [0.3, 0.4) is 0 Å². The van der Waals surface area contributed by atoms with Gasteiger partial charge >= 0.3 is 0 Å². The number of aliphatic hydroxyl groups is 1. The first-order chi connectivity index (χ1) is 5.43. The van der Waals surface area contributed by atoms with E-state index in [2.05, 4.69) is 9.68 Å². The monoisotopic (exact) mass is 195 g/mol. The first-order valence-electron chi connectivity index (χ1n) is 2.86. The van der Waals surface area contributed by atoms with Gasteiger partial charge in [-0.15, -0.1) is 0 Å². The smallest absolute Gasteiger partial charge is 0.261 e. The van der Waals surface area contributed by atoms with Gasteiger partial charge in [0, 0.05) is 6.07 Å². The van der Waals surface area contributed by atoms with Gasteiger partial charge in [0.1, 0.15) is 12.0 Å². The molecule has 1 heterocycles. The van der Waals surface area contributed by atoms with Crippen molar-refractivity contribution in [3.05, 3.63) is 18.0 Å². The molecular formula is C5H9NO5S. The molecule has 0 fully saturated rings. The molecule has 0 saturated heterocycles. The summed E-state index contributed by atoms with van der Waals surface area (Å²) in [7, 11) is -3.67. The number of hydrogen-bond donors (Lipinski definition) is 2. The summed E-state index contributed by atoms with van der Waals surface area (Å²) in [5.74, 6) is 0. The molecule has 1 aromatic heterocycles. The average Bonchev–Trinajstić information content (AvgIpc) is 2.33. The van der Waals surface area contributed by atoms with Gasteiger partial charge in [-0.3, -0.25) is 4.55 Å². The highest BCUT2D eigenvalue weighted by Crippen LogP contribution is 1.90. The molecule has 0 saturated carbocycles. The van der Waals surface area contributed by atoms with Crippen LogP contribution in [0.2, 0.25) is 0 Å². The molecule has 6 nitrogen and oxygen atoms in total. The Kier molecular flexibility index (Phi) is 4.49. The Morgan fingerprint density at radius 3 is 2.33 bits per heavy atom. The third kappa shape index (κ3) is 9.08. The molecule has 70 valence electrons. The van der Waals surface area contributed by atoms with Crippen LogP contribution in [0.15, 0.2) is 16.9 Å². The fraction of sp³-hybridized carbons (Fsp3) is 0.400. The van der Waals surface area contributed by atoms with E-state index in [1.54, 1.807) is 6.07 Å². The summed E-state index contributed by atoms with van der Waals surface area (Å²) in [4.78, 5) is 0. The molecule has 1 aromatic rings. The normalized spacial score (nSPS) is 10.2. The third-order valence-electron chi connectivity index (χ3n) is 0.653. The molecular weight excluding hydrogens is 186 g/mol. The maximum atomic E-state index is 9.19. The Balaban J connectivity index is 0.000000217. The topological polar surface area (TPSA) is 101 Å². The molecule has 0 aliphatic carbocycles. The van der Waals surface area contributed by atoms with E-state index in [9.17, 15) is 8.42 Å². The van der Waals surface area contributed by atoms with Gasteiger partial charge in [0.25, 0.3) is 10.1 Å². The Bertz CT molecular complexity index is 282. The Hall–Kier alpha value is -0.920. The van der Waals surface area contributed by atoms with Crippen LogP contribution in [0.5, 0.6) is 0 Å². The SMILES string of the molecule is CS(=O)(=O)O.OCc1ccon1. The summed E-state index contributed by atoms with van der Waals surface area (Å²) < 4.78 is 30.3. The highest BCUT2D eigenvalue weighted by molar-refractivity contribution is 7.85. The van der Waals surface area contributed by atoms with Crippen LogP contribution < -0.4 is 0 Å². The van der Waals surface area contributed by atoms with Gasteiger partial charge in [-0.1, -0.05) is 5.16 Å². The zero-order valence-corrected chi connectivity index (χ0v) is 7.15. The Morgan fingerprint density at radius 2 is 2.17 bits per heavy atom. The van der Waals surface area contributed by atoms with Gasteiger partial charge in [-0.05, 0) is 0 Å². The van der Waals surface area contributed by atoms with Crippen LogP contribution >= 0.6 is 0 Å². The second kappa shape index (κ2) is 4.86. The zero-order chi connectivity index (χ0) is 9.61. The molecule has 0 atom stereocenters. The van der Waals surface area contributed by atoms with Gasteiger partial charge < -0.3 is 9.63 Å². The first-order valence-corrected chi connectivity index (χ1v) is 4.71. The summed E-state index contributed by atoms with van der Waals surface area (Å²) in [6.45, 7) is -0.0451. The van der Waals surface area contributed by atoms with Gasteiger partial charge in [0.15, 0.2) is 0 Å². The fourth-order valence-electron chi connectivity index (χ4n) is 0.319. The molecule has 0 spiro atoms. The second-order valence-electron chi connectivity index (χ2n) is 1.88. The number of rotatable bonds is 1. The lowest BCUT2D eigenvalue weighted by atomic mass is 10.5. The van der Waals surface area contributed by atoms with Crippen LogP contribution in [0.25, 0.3) is 0 Å². The summed E-state index contributed by atoms with van der Waals surface area (Å²) in [5.41, 5.74) is 0.569. The van der Waals surface area contributed by atoms with Crippen molar-refractivity contribution in [3.63, 3.8) is 0 Å². The van der Waals surface area contributed by atoms with Crippen molar-refractivity contribution in [2.75, 3.05) is 6.26 Å². The fourth-order valence-corrected chi connectivity index (χ4v) is 0.319. The third-order valence-corrected chi connectivity index (χ3v) is 0.653. The van der Waals surface area contributed by atoms with E-state index in [0.717, 1.165) is 0 Å². The van der Waals surface area contributed by atoms with Crippen molar-refractivity contribution < 1.29 is 22.6 Å². The molecule has 12 heavy (non-hydrogen) atoms. The van der Waals surface area contributed by atoms with Crippen molar-refractivity contribution in [2.24, 2.45) is 0 Å². The number of nitrogens with zero attached hydrogens (tertiary/aromatic N) is 1. The minimum atomic E-state index is -3.67. The molecule has 7 heteroatoms. The van der Waals surface area contributed by atoms with E-state index >= 15 is 0 Å². The molecule has 0 amide bonds. The van der Waals surface area contributed by atoms with Crippen molar-refractivity contribution in [2.45, 2.75) is 6.61 Å². The summed E-state index contributed by atoms with van der Waals surface area (Å²) in [6, 6.07) is 1.61. The lowest BCUT2D eigenvalue weighted by Gasteiger charge is -1.75. The molecule has 0 bridgehead atoms. The van der Waals surface area contributed by atoms with Crippen LogP contribution in [0.4, 0.5) is 0 Å². The van der Waals surface area contributed by atoms with E-state index in [4.69, 9.17) is 9.66 Å². The van der Waals surface area contributed by atoms with Crippen molar-refractivity contribution in [3.8, 4) is 0 Å². The average molecular weight is 195 g/mol. The van der Waals surface area contributed by atoms with Gasteiger partial charge in [0.2, 0.25) is 0 Å². The highest BCUT2D eigenvalue weighted by atomic mass is 32.2. The molecule has 0 unspecified atom stereocenters. The quantitative estimate of drug-likeness (QED) is 0.595. The van der Waals surface area contributed by atoms with Crippen LogP contribution in [0.1, 0.15) is 5.69 Å². The van der Waals surface area contributed by atoms with Gasteiger partial charge in [-0.2, -0.15) is 8.42 Å². The maximum absolute atomic E-state index is 9.19. The van der Waals surface area contributed by atoms with Crippen LogP contribution in [-0.4, -0.2) is 29.5 Å². The van der Waals surface area contributed by atoms with E-state index in [-0.39, 0.29) is 6.61 Å². The van der Waals surface area contributed by atoms with Crippen molar-refractivity contribution >= 4 is 10.1 Å². The predicted octanol–water partition coefficient (Wildman–Crippen LogP) is -0.329. The lowest BCUT2D eigenvalue weighted by Crippen LogP contribution is -1.88. The lowest BCUT2D eigenvalue weighted by molar-refractivity contribution is 0.266. The van der Waals surface area contributed by atoms with Gasteiger partial charge in [-0.25, -0.2) is 0 Å². The molecule has 0 aliphatic heterocycles. The minimum absolute atomic E-state index is 0.0451. The molecule has 0 aromatic carbocycles. The Labute approximate surface area is 69.6 Å². The van der Waals surface area contributed by atoms with Crippen molar-refractivity contribution in [1.29, 1.82) is 0 Å². The Morgan fingerprint density at radius 1 is 1.67 bits per heavy atom. The van der Waals surface area contributed by atoms with E-state index < -0.39 is 10.1 Å². The standard InChI is InChI=1S/C4H5NO2.CH4O3S/c6-3-4-1-2-7-5-4;1-5(2,3)4/h1-2,6H,3H2;1H3,(H,2,3,4). The summed E-state index contributed by atoms with van der Waals surface area (Å²) in [5, 5.41) is 11.7. The van der Waals surface area contributed by atoms with Crippen LogP contribution in [0, 0.1) is 0 Å².